The number of ether oxygens (including phenoxy) is 1. The molecular weight excluding hydrogens is 226 g/mol. The van der Waals surface area contributed by atoms with E-state index in [2.05, 4.69) is 0 Å². The molecule has 0 aliphatic rings. The number of Topliss-reactive ketones (excluding diaryl/α,β-unsaturated/α-hetero) is 1. The number of methoxy groups -OCH3 is 1. The molecule has 0 aromatic heterocycles. The fourth-order valence-electron chi connectivity index (χ4n) is 1.55. The molecule has 0 saturated heterocycles. The minimum Gasteiger partial charge on any atom is -0.497 e. The second-order valence-corrected chi connectivity index (χ2v) is 5.80. The maximum absolute atomic E-state index is 12.4. The average Bonchev–Trinajstić information content (AvgIpc) is 2.27. The van der Waals surface area contributed by atoms with Gasteiger partial charge in [-0.15, -0.1) is 0 Å². The topological polar surface area (TPSA) is 52.3 Å². The van der Waals surface area contributed by atoms with Crippen molar-refractivity contribution in [3.8, 4) is 5.75 Å². The van der Waals surface area contributed by atoms with E-state index in [1.54, 1.807) is 7.11 Å². The monoisotopic (exact) mass is 249 g/mol. The SMILES string of the molecule is COc1cccc(CC(=O)C(C)(C)C(C)(C)N)c1. The second kappa shape index (κ2) is 5.11. The molecule has 0 amide bonds. The van der Waals surface area contributed by atoms with Gasteiger partial charge in [0.2, 0.25) is 0 Å². The molecule has 1 aromatic carbocycles. The first kappa shape index (κ1) is 14.7. The number of ketones is 1. The van der Waals surface area contributed by atoms with Gasteiger partial charge in [0, 0.05) is 17.4 Å². The quantitative estimate of drug-likeness (QED) is 0.872. The lowest BCUT2D eigenvalue weighted by atomic mass is 9.71. The van der Waals surface area contributed by atoms with Crippen molar-refractivity contribution in [1.29, 1.82) is 0 Å². The Labute approximate surface area is 109 Å². The highest BCUT2D eigenvalue weighted by Gasteiger charge is 2.39. The zero-order chi connectivity index (χ0) is 14.0. The molecule has 18 heavy (non-hydrogen) atoms. The molecule has 0 aliphatic heterocycles. The van der Waals surface area contributed by atoms with Crippen LogP contribution in [0.25, 0.3) is 0 Å². The van der Waals surface area contributed by atoms with Crippen LogP contribution in [0.3, 0.4) is 0 Å². The smallest absolute Gasteiger partial charge is 0.144 e. The summed E-state index contributed by atoms with van der Waals surface area (Å²) in [5.41, 5.74) is 5.94. The molecule has 3 nitrogen and oxygen atoms in total. The first-order valence-electron chi connectivity index (χ1n) is 6.13. The summed E-state index contributed by atoms with van der Waals surface area (Å²) in [4.78, 5) is 12.4. The fraction of sp³-hybridized carbons (Fsp3) is 0.533. The van der Waals surface area contributed by atoms with Crippen LogP contribution in [0.15, 0.2) is 24.3 Å². The third-order valence-corrected chi connectivity index (χ3v) is 3.81. The van der Waals surface area contributed by atoms with Gasteiger partial charge in [0.05, 0.1) is 7.11 Å². The van der Waals surface area contributed by atoms with Crippen LogP contribution in [0.2, 0.25) is 0 Å². The molecular formula is C15H23NO2. The third kappa shape index (κ3) is 3.10. The Morgan fingerprint density at radius 1 is 1.28 bits per heavy atom. The first-order valence-corrected chi connectivity index (χ1v) is 6.13. The van der Waals surface area contributed by atoms with E-state index in [1.165, 1.54) is 0 Å². The molecule has 0 radical (unpaired) electrons. The number of nitrogens with two attached hydrogens (primary N) is 1. The van der Waals surface area contributed by atoms with Gasteiger partial charge < -0.3 is 10.5 Å². The number of hydrogen-bond donors (Lipinski definition) is 1. The minimum absolute atomic E-state index is 0.142. The van der Waals surface area contributed by atoms with E-state index in [-0.39, 0.29) is 5.78 Å². The van der Waals surface area contributed by atoms with Crippen molar-refractivity contribution in [3.63, 3.8) is 0 Å². The number of benzene rings is 1. The van der Waals surface area contributed by atoms with Gasteiger partial charge in [0.1, 0.15) is 11.5 Å². The van der Waals surface area contributed by atoms with E-state index in [1.807, 2.05) is 52.0 Å². The van der Waals surface area contributed by atoms with E-state index in [0.29, 0.717) is 6.42 Å². The average molecular weight is 249 g/mol. The summed E-state index contributed by atoms with van der Waals surface area (Å²) in [6.07, 6.45) is 0.380. The van der Waals surface area contributed by atoms with Crippen molar-refractivity contribution in [3.05, 3.63) is 29.8 Å². The molecule has 0 spiro atoms. The van der Waals surface area contributed by atoms with Gasteiger partial charge in [0.15, 0.2) is 0 Å². The first-order chi connectivity index (χ1) is 8.18. The Bertz CT molecular complexity index is 430. The number of hydrogen-bond acceptors (Lipinski definition) is 3. The van der Waals surface area contributed by atoms with E-state index >= 15 is 0 Å². The lowest BCUT2D eigenvalue weighted by Gasteiger charge is -2.37. The van der Waals surface area contributed by atoms with E-state index in [9.17, 15) is 4.79 Å². The number of rotatable bonds is 5. The maximum atomic E-state index is 12.4. The van der Waals surface area contributed by atoms with Gasteiger partial charge in [-0.3, -0.25) is 4.79 Å². The Hall–Kier alpha value is -1.35. The van der Waals surface area contributed by atoms with E-state index < -0.39 is 11.0 Å². The van der Waals surface area contributed by atoms with Gasteiger partial charge in [0.25, 0.3) is 0 Å². The highest BCUT2D eigenvalue weighted by Crippen LogP contribution is 2.30. The third-order valence-electron chi connectivity index (χ3n) is 3.81. The number of carbonyl (C=O) groups excluding carboxylic acids is 1. The van der Waals surface area contributed by atoms with Gasteiger partial charge in [-0.2, -0.15) is 0 Å². The summed E-state index contributed by atoms with van der Waals surface area (Å²) < 4.78 is 5.15. The van der Waals surface area contributed by atoms with Crippen LogP contribution in [0, 0.1) is 5.41 Å². The number of carbonyl (C=O) groups is 1. The normalized spacial score (nSPS) is 12.3. The lowest BCUT2D eigenvalue weighted by molar-refractivity contribution is -0.129. The van der Waals surface area contributed by atoms with Gasteiger partial charge >= 0.3 is 0 Å². The van der Waals surface area contributed by atoms with Gasteiger partial charge in [-0.05, 0) is 31.5 Å². The molecule has 0 unspecified atom stereocenters. The summed E-state index contributed by atoms with van der Waals surface area (Å²) in [7, 11) is 1.62. The predicted octanol–water partition coefficient (Wildman–Crippen LogP) is 2.57. The molecule has 0 heterocycles. The summed E-state index contributed by atoms with van der Waals surface area (Å²) >= 11 is 0. The predicted molar refractivity (Wildman–Crippen MR) is 73.8 cm³/mol. The van der Waals surface area contributed by atoms with Crippen molar-refractivity contribution < 1.29 is 9.53 Å². The molecule has 2 N–H and O–H groups in total. The van der Waals surface area contributed by atoms with E-state index in [0.717, 1.165) is 11.3 Å². The minimum atomic E-state index is -0.559. The summed E-state index contributed by atoms with van der Waals surface area (Å²) in [5.74, 6) is 0.911. The molecule has 0 saturated carbocycles. The molecule has 0 atom stereocenters. The molecule has 100 valence electrons. The van der Waals surface area contributed by atoms with Crippen LogP contribution in [0.5, 0.6) is 5.75 Å². The van der Waals surface area contributed by atoms with Crippen molar-refractivity contribution in [2.75, 3.05) is 7.11 Å². The second-order valence-electron chi connectivity index (χ2n) is 5.80. The van der Waals surface area contributed by atoms with Crippen LogP contribution in [-0.2, 0) is 11.2 Å². The van der Waals surface area contributed by atoms with Crippen LogP contribution < -0.4 is 10.5 Å². The molecule has 1 aromatic rings. The van der Waals surface area contributed by atoms with Crippen LogP contribution >= 0.6 is 0 Å². The van der Waals surface area contributed by atoms with Crippen molar-refractivity contribution in [2.24, 2.45) is 11.1 Å². The highest BCUT2D eigenvalue weighted by molar-refractivity contribution is 5.87. The van der Waals surface area contributed by atoms with Crippen molar-refractivity contribution >= 4 is 5.78 Å². The van der Waals surface area contributed by atoms with Crippen molar-refractivity contribution in [2.45, 2.75) is 39.7 Å². The maximum Gasteiger partial charge on any atom is 0.144 e. The van der Waals surface area contributed by atoms with Gasteiger partial charge in [-0.25, -0.2) is 0 Å². The van der Waals surface area contributed by atoms with Crippen LogP contribution in [0.1, 0.15) is 33.3 Å². The fourth-order valence-corrected chi connectivity index (χ4v) is 1.55. The van der Waals surface area contributed by atoms with E-state index in [4.69, 9.17) is 10.5 Å². The Morgan fingerprint density at radius 3 is 2.39 bits per heavy atom. The molecule has 0 bridgehead atoms. The molecule has 3 heteroatoms. The zero-order valence-electron chi connectivity index (χ0n) is 11.9. The molecule has 1 rings (SSSR count). The summed E-state index contributed by atoms with van der Waals surface area (Å²) in [6.45, 7) is 7.57. The lowest BCUT2D eigenvalue weighted by Crippen LogP contribution is -2.52. The van der Waals surface area contributed by atoms with Crippen molar-refractivity contribution in [1.82, 2.24) is 0 Å². The largest absolute Gasteiger partial charge is 0.497 e. The highest BCUT2D eigenvalue weighted by atomic mass is 16.5. The Morgan fingerprint density at radius 2 is 1.89 bits per heavy atom. The van der Waals surface area contributed by atoms with Crippen LogP contribution in [-0.4, -0.2) is 18.4 Å². The Kier molecular flexibility index (Phi) is 4.17. The molecule has 0 fully saturated rings. The summed E-state index contributed by atoms with van der Waals surface area (Å²) in [5, 5.41) is 0. The Balaban J connectivity index is 2.88. The van der Waals surface area contributed by atoms with Crippen LogP contribution in [0.4, 0.5) is 0 Å². The van der Waals surface area contributed by atoms with Gasteiger partial charge in [-0.1, -0.05) is 26.0 Å². The zero-order valence-corrected chi connectivity index (χ0v) is 11.9. The standard InChI is InChI=1S/C15H23NO2/c1-14(2,15(3,4)16)13(17)10-11-7-6-8-12(9-11)18-5/h6-9H,10,16H2,1-5H3. The molecule has 0 aliphatic carbocycles. The summed E-state index contributed by atoms with van der Waals surface area (Å²) in [6, 6.07) is 7.57.